The molecule has 0 aliphatic carbocycles. The molecule has 3 heterocycles. The highest BCUT2D eigenvalue weighted by atomic mass is 15.4. The van der Waals surface area contributed by atoms with Crippen LogP contribution in [-0.2, 0) is 0 Å². The van der Waals surface area contributed by atoms with Gasteiger partial charge in [-0.2, -0.15) is 10.4 Å². The first-order chi connectivity index (χ1) is 15.4. The zero-order chi connectivity index (χ0) is 22.5. The molecule has 6 heteroatoms. The molecule has 1 atom stereocenters. The number of rotatable bonds is 4. The van der Waals surface area contributed by atoms with Crippen molar-refractivity contribution >= 4 is 22.3 Å². The van der Waals surface area contributed by atoms with Crippen molar-refractivity contribution < 1.29 is 0 Å². The number of anilines is 2. The van der Waals surface area contributed by atoms with Gasteiger partial charge in [0.05, 0.1) is 28.9 Å². The molecule has 164 valence electrons. The van der Waals surface area contributed by atoms with Crippen LogP contribution in [0.5, 0.6) is 0 Å². The third-order valence-corrected chi connectivity index (χ3v) is 7.54. The maximum absolute atomic E-state index is 9.39. The average Bonchev–Trinajstić information content (AvgIpc) is 3.16. The highest BCUT2D eigenvalue weighted by molar-refractivity contribution is 5.95. The summed E-state index contributed by atoms with van der Waals surface area (Å²) in [5.41, 5.74) is 5.36. The molecule has 0 radical (unpaired) electrons. The molecule has 1 N–H and O–H groups in total. The molecule has 2 saturated heterocycles. The standard InChI is InChI=1S/C26H30N6/c1-17-20(14-27)7-5-8-22(17)18(2)28-25-24-13-21(9-10-23(24)19(3)29-30-25)32-15-26(16-32)11-6-12-31(26)4/h5,7-10,13,18H,6,11-12,15-16H2,1-4H3,(H,28,30)/t18-/m1/s1. The fourth-order valence-corrected chi connectivity index (χ4v) is 5.43. The average molecular weight is 427 g/mol. The Morgan fingerprint density at radius 1 is 1.12 bits per heavy atom. The fourth-order valence-electron chi connectivity index (χ4n) is 5.43. The summed E-state index contributed by atoms with van der Waals surface area (Å²) in [5, 5.41) is 24.1. The van der Waals surface area contributed by atoms with E-state index in [4.69, 9.17) is 0 Å². The summed E-state index contributed by atoms with van der Waals surface area (Å²) in [7, 11) is 2.26. The molecule has 0 saturated carbocycles. The maximum atomic E-state index is 9.39. The number of nitrogens with zero attached hydrogens (tertiary/aromatic N) is 5. The van der Waals surface area contributed by atoms with Gasteiger partial charge in [0, 0.05) is 29.5 Å². The Hall–Kier alpha value is -3.17. The van der Waals surface area contributed by atoms with Crippen molar-refractivity contribution in [3.63, 3.8) is 0 Å². The quantitative estimate of drug-likeness (QED) is 0.659. The van der Waals surface area contributed by atoms with Crippen molar-refractivity contribution in [2.24, 2.45) is 0 Å². The van der Waals surface area contributed by atoms with E-state index in [0.717, 1.165) is 46.5 Å². The van der Waals surface area contributed by atoms with Gasteiger partial charge in [-0.1, -0.05) is 18.2 Å². The van der Waals surface area contributed by atoms with Gasteiger partial charge in [-0.05, 0) is 76.5 Å². The lowest BCUT2D eigenvalue weighted by atomic mass is 9.86. The van der Waals surface area contributed by atoms with E-state index < -0.39 is 0 Å². The van der Waals surface area contributed by atoms with E-state index in [1.54, 1.807) is 0 Å². The first-order valence-electron chi connectivity index (χ1n) is 11.4. The van der Waals surface area contributed by atoms with Crippen LogP contribution in [-0.4, -0.2) is 47.3 Å². The van der Waals surface area contributed by atoms with Crippen molar-refractivity contribution in [1.82, 2.24) is 15.1 Å². The number of aromatic nitrogens is 2. The number of hydrogen-bond acceptors (Lipinski definition) is 6. The van der Waals surface area contributed by atoms with Crippen LogP contribution in [0.1, 0.15) is 48.2 Å². The molecule has 1 spiro atoms. The second kappa shape index (κ2) is 7.75. The Labute approximate surface area is 189 Å². The van der Waals surface area contributed by atoms with E-state index in [1.165, 1.54) is 25.1 Å². The van der Waals surface area contributed by atoms with E-state index in [9.17, 15) is 5.26 Å². The molecule has 2 aliphatic rings. The van der Waals surface area contributed by atoms with E-state index in [-0.39, 0.29) is 6.04 Å². The Morgan fingerprint density at radius 2 is 1.94 bits per heavy atom. The summed E-state index contributed by atoms with van der Waals surface area (Å²) in [6.07, 6.45) is 2.60. The first-order valence-corrected chi connectivity index (χ1v) is 11.4. The normalized spacial score (nSPS) is 18.5. The van der Waals surface area contributed by atoms with Gasteiger partial charge >= 0.3 is 0 Å². The van der Waals surface area contributed by atoms with E-state index in [0.29, 0.717) is 11.1 Å². The van der Waals surface area contributed by atoms with Crippen LogP contribution in [0.2, 0.25) is 0 Å². The lowest BCUT2D eigenvalue weighted by molar-refractivity contribution is 0.133. The third kappa shape index (κ3) is 3.28. The zero-order valence-corrected chi connectivity index (χ0v) is 19.3. The summed E-state index contributed by atoms with van der Waals surface area (Å²) in [5.74, 6) is 0.787. The molecule has 0 amide bonds. The van der Waals surface area contributed by atoms with Gasteiger partial charge in [0.15, 0.2) is 5.82 Å². The van der Waals surface area contributed by atoms with Gasteiger partial charge in [0.2, 0.25) is 0 Å². The number of aryl methyl sites for hydroxylation is 1. The lowest BCUT2D eigenvalue weighted by Crippen LogP contribution is -2.67. The van der Waals surface area contributed by atoms with Crippen LogP contribution < -0.4 is 10.2 Å². The molecule has 0 unspecified atom stereocenters. The summed E-state index contributed by atoms with van der Waals surface area (Å²) in [6, 6.07) is 14.8. The first kappa shape index (κ1) is 20.7. The fraction of sp³-hybridized carbons (Fsp3) is 0.423. The summed E-state index contributed by atoms with van der Waals surface area (Å²) in [4.78, 5) is 5.01. The van der Waals surface area contributed by atoms with Crippen LogP contribution in [0.25, 0.3) is 10.8 Å². The second-order valence-corrected chi connectivity index (χ2v) is 9.47. The maximum Gasteiger partial charge on any atom is 0.157 e. The Kier molecular flexibility index (Phi) is 5.02. The van der Waals surface area contributed by atoms with Crippen LogP contribution >= 0.6 is 0 Å². The van der Waals surface area contributed by atoms with Gasteiger partial charge in [-0.25, -0.2) is 0 Å². The minimum atomic E-state index is 0.00609. The number of fused-ring (bicyclic) bond motifs is 1. The number of nitrogens with one attached hydrogen (secondary N) is 1. The SMILES string of the molecule is Cc1c(C#N)cccc1[C@@H](C)Nc1nnc(C)c2ccc(N3CC4(CCCN4C)C3)cc12. The van der Waals surface area contributed by atoms with Gasteiger partial charge in [0.25, 0.3) is 0 Å². The second-order valence-electron chi connectivity index (χ2n) is 9.47. The van der Waals surface area contributed by atoms with Crippen molar-refractivity contribution in [3.05, 3.63) is 58.8 Å². The smallest absolute Gasteiger partial charge is 0.157 e. The Bertz CT molecular complexity index is 1220. The van der Waals surface area contributed by atoms with Crippen LogP contribution in [0.15, 0.2) is 36.4 Å². The molecule has 1 aromatic heterocycles. The molecule has 2 aromatic carbocycles. The van der Waals surface area contributed by atoms with E-state index in [2.05, 4.69) is 69.6 Å². The number of benzene rings is 2. The van der Waals surface area contributed by atoms with Crippen molar-refractivity contribution in [3.8, 4) is 6.07 Å². The predicted octanol–water partition coefficient (Wildman–Crippen LogP) is 4.58. The Balaban J connectivity index is 1.45. The molecular weight excluding hydrogens is 396 g/mol. The molecule has 6 nitrogen and oxygen atoms in total. The summed E-state index contributed by atoms with van der Waals surface area (Å²) < 4.78 is 0. The topological polar surface area (TPSA) is 68.1 Å². The lowest BCUT2D eigenvalue weighted by Gasteiger charge is -2.53. The van der Waals surface area contributed by atoms with Crippen LogP contribution in [0.3, 0.4) is 0 Å². The molecule has 3 aromatic rings. The number of likely N-dealkylation sites (tertiary alicyclic amines) is 1. The molecule has 32 heavy (non-hydrogen) atoms. The molecule has 5 rings (SSSR count). The predicted molar refractivity (Wildman–Crippen MR) is 129 cm³/mol. The van der Waals surface area contributed by atoms with E-state index >= 15 is 0 Å². The zero-order valence-electron chi connectivity index (χ0n) is 19.3. The van der Waals surface area contributed by atoms with Crippen molar-refractivity contribution in [1.29, 1.82) is 5.26 Å². The monoisotopic (exact) mass is 426 g/mol. The van der Waals surface area contributed by atoms with E-state index in [1.807, 2.05) is 26.0 Å². The van der Waals surface area contributed by atoms with Crippen molar-refractivity contribution in [2.75, 3.05) is 36.9 Å². The molecule has 2 aliphatic heterocycles. The highest BCUT2D eigenvalue weighted by Crippen LogP contribution is 2.40. The van der Waals surface area contributed by atoms with Gasteiger partial charge in [-0.3, -0.25) is 4.90 Å². The number of likely N-dealkylation sites (N-methyl/N-ethyl adjacent to an activating group) is 1. The molecule has 0 bridgehead atoms. The molecular formula is C26H30N6. The minimum absolute atomic E-state index is 0.00609. The number of nitriles is 1. The van der Waals surface area contributed by atoms with Crippen molar-refractivity contribution in [2.45, 2.75) is 45.2 Å². The van der Waals surface area contributed by atoms with Gasteiger partial charge in [-0.15, -0.1) is 5.10 Å². The van der Waals surface area contributed by atoms with Gasteiger partial charge in [0.1, 0.15) is 0 Å². The number of hydrogen-bond donors (Lipinski definition) is 1. The summed E-state index contributed by atoms with van der Waals surface area (Å²) in [6.45, 7) is 9.50. The third-order valence-electron chi connectivity index (χ3n) is 7.54. The highest BCUT2D eigenvalue weighted by Gasteiger charge is 2.48. The van der Waals surface area contributed by atoms with Crippen LogP contribution in [0, 0.1) is 25.2 Å². The van der Waals surface area contributed by atoms with Gasteiger partial charge < -0.3 is 10.2 Å². The Morgan fingerprint density at radius 3 is 2.66 bits per heavy atom. The largest absolute Gasteiger partial charge is 0.368 e. The summed E-state index contributed by atoms with van der Waals surface area (Å²) >= 11 is 0. The van der Waals surface area contributed by atoms with Crippen LogP contribution in [0.4, 0.5) is 11.5 Å². The minimum Gasteiger partial charge on any atom is -0.368 e. The molecule has 2 fully saturated rings.